The molecule has 7 heteroatoms. The number of amides is 1. The van der Waals surface area contributed by atoms with Crippen LogP contribution in [-0.2, 0) is 4.79 Å². The van der Waals surface area contributed by atoms with Crippen LogP contribution in [0, 0.1) is 18.3 Å². The number of hydrogen-bond donors (Lipinski definition) is 1. The number of nitrogens with one attached hydrogen (secondary N) is 1. The largest absolute Gasteiger partial charge is 0.493 e. The molecule has 0 spiro atoms. The van der Waals surface area contributed by atoms with Crippen LogP contribution in [0.5, 0.6) is 11.5 Å². The highest BCUT2D eigenvalue weighted by Crippen LogP contribution is 2.34. The third-order valence-corrected chi connectivity index (χ3v) is 4.87. The number of nitriles is 1. The Morgan fingerprint density at radius 1 is 1.25 bits per heavy atom. The van der Waals surface area contributed by atoms with Crippen LogP contribution in [0.4, 0.5) is 5.69 Å². The van der Waals surface area contributed by atoms with Crippen molar-refractivity contribution in [3.8, 4) is 17.6 Å². The van der Waals surface area contributed by atoms with Crippen LogP contribution < -0.4 is 14.8 Å². The molecule has 0 saturated carbocycles. The molecule has 0 radical (unpaired) electrons. The van der Waals surface area contributed by atoms with E-state index < -0.39 is 5.91 Å². The van der Waals surface area contributed by atoms with Crippen LogP contribution in [0.2, 0.25) is 5.02 Å². The van der Waals surface area contributed by atoms with Crippen LogP contribution in [0.3, 0.4) is 0 Å². The van der Waals surface area contributed by atoms with Crippen LogP contribution in [0.15, 0.2) is 40.4 Å². The second-order valence-electron chi connectivity index (χ2n) is 5.72. The van der Waals surface area contributed by atoms with Crippen LogP contribution in [-0.4, -0.2) is 19.1 Å². The first-order valence-corrected chi connectivity index (χ1v) is 9.85. The highest BCUT2D eigenvalue weighted by atomic mass is 79.9. The SMILES string of the molecule is CCOc1cc(OCC)c(/C=C(\C#N)C(=O)Nc2cccc(Cl)c2C)cc1Br. The van der Waals surface area contributed by atoms with E-state index in [1.807, 2.05) is 19.9 Å². The number of nitrogens with zero attached hydrogens (tertiary/aromatic N) is 1. The van der Waals surface area contributed by atoms with Crippen molar-refractivity contribution in [3.05, 3.63) is 56.5 Å². The van der Waals surface area contributed by atoms with Crippen molar-refractivity contribution in [1.29, 1.82) is 5.26 Å². The zero-order chi connectivity index (χ0) is 20.7. The molecule has 0 unspecified atom stereocenters. The number of ether oxygens (including phenoxy) is 2. The van der Waals surface area contributed by atoms with Gasteiger partial charge in [0.15, 0.2) is 0 Å². The van der Waals surface area contributed by atoms with E-state index in [2.05, 4.69) is 21.2 Å². The quantitative estimate of drug-likeness (QED) is 0.419. The second-order valence-corrected chi connectivity index (χ2v) is 6.98. The first kappa shape index (κ1) is 21.8. The molecule has 0 heterocycles. The molecule has 0 fully saturated rings. The van der Waals surface area contributed by atoms with Gasteiger partial charge in [-0.15, -0.1) is 0 Å². The lowest BCUT2D eigenvalue weighted by Crippen LogP contribution is -2.14. The highest BCUT2D eigenvalue weighted by Gasteiger charge is 2.15. The van der Waals surface area contributed by atoms with Crippen LogP contribution in [0.1, 0.15) is 25.0 Å². The summed E-state index contributed by atoms with van der Waals surface area (Å²) in [4.78, 5) is 12.6. The number of anilines is 1. The lowest BCUT2D eigenvalue weighted by atomic mass is 10.1. The summed E-state index contributed by atoms with van der Waals surface area (Å²) in [7, 11) is 0. The fraction of sp³-hybridized carbons (Fsp3) is 0.238. The van der Waals surface area contributed by atoms with Gasteiger partial charge in [0.25, 0.3) is 5.91 Å². The van der Waals surface area contributed by atoms with Crippen LogP contribution >= 0.6 is 27.5 Å². The summed E-state index contributed by atoms with van der Waals surface area (Å²) in [5, 5.41) is 12.8. The molecule has 2 rings (SSSR count). The summed E-state index contributed by atoms with van der Waals surface area (Å²) in [5.74, 6) is 0.620. The molecule has 2 aromatic rings. The summed E-state index contributed by atoms with van der Waals surface area (Å²) in [5.41, 5.74) is 1.81. The molecule has 0 bridgehead atoms. The predicted octanol–water partition coefficient (Wildman–Crippen LogP) is 5.75. The Kier molecular flexibility index (Phi) is 7.91. The van der Waals surface area contributed by atoms with Gasteiger partial charge in [0.1, 0.15) is 23.1 Å². The average molecular weight is 464 g/mol. The normalized spacial score (nSPS) is 10.9. The molecule has 0 aliphatic heterocycles. The molecule has 0 aliphatic carbocycles. The smallest absolute Gasteiger partial charge is 0.266 e. The van der Waals surface area contributed by atoms with Crippen molar-refractivity contribution in [3.63, 3.8) is 0 Å². The van der Waals surface area contributed by atoms with Gasteiger partial charge in [-0.2, -0.15) is 5.26 Å². The Balaban J connectivity index is 2.40. The molecule has 28 heavy (non-hydrogen) atoms. The number of carbonyl (C=O) groups is 1. The number of halogens is 2. The fourth-order valence-electron chi connectivity index (χ4n) is 2.45. The number of carbonyl (C=O) groups excluding carboxylic acids is 1. The minimum atomic E-state index is -0.527. The predicted molar refractivity (Wildman–Crippen MR) is 115 cm³/mol. The molecule has 0 saturated heterocycles. The Hall–Kier alpha value is -2.49. The van der Waals surface area contributed by atoms with Gasteiger partial charge in [-0.25, -0.2) is 0 Å². The lowest BCUT2D eigenvalue weighted by Gasteiger charge is -2.13. The summed E-state index contributed by atoms with van der Waals surface area (Å²) in [6, 6.07) is 10.6. The number of hydrogen-bond acceptors (Lipinski definition) is 4. The van der Waals surface area contributed by atoms with E-state index in [0.717, 1.165) is 5.56 Å². The number of benzene rings is 2. The average Bonchev–Trinajstić information content (AvgIpc) is 2.66. The van der Waals surface area contributed by atoms with Gasteiger partial charge in [-0.05, 0) is 66.5 Å². The fourth-order valence-corrected chi connectivity index (χ4v) is 3.10. The molecule has 146 valence electrons. The third-order valence-electron chi connectivity index (χ3n) is 3.84. The van der Waals surface area contributed by atoms with Gasteiger partial charge in [0.05, 0.1) is 17.7 Å². The van der Waals surface area contributed by atoms with Crippen molar-refractivity contribution >= 4 is 45.2 Å². The number of rotatable bonds is 7. The molecule has 1 N–H and O–H groups in total. The maximum atomic E-state index is 12.6. The van der Waals surface area contributed by atoms with Crippen molar-refractivity contribution < 1.29 is 14.3 Å². The van der Waals surface area contributed by atoms with E-state index in [1.54, 1.807) is 37.3 Å². The zero-order valence-electron chi connectivity index (χ0n) is 15.8. The minimum absolute atomic E-state index is 0.0589. The zero-order valence-corrected chi connectivity index (χ0v) is 18.1. The summed E-state index contributed by atoms with van der Waals surface area (Å²) in [6.07, 6.45) is 1.49. The van der Waals surface area contributed by atoms with Crippen molar-refractivity contribution in [2.24, 2.45) is 0 Å². The maximum absolute atomic E-state index is 12.6. The topological polar surface area (TPSA) is 71.3 Å². The summed E-state index contributed by atoms with van der Waals surface area (Å²) >= 11 is 9.54. The van der Waals surface area contributed by atoms with Crippen molar-refractivity contribution in [2.75, 3.05) is 18.5 Å². The van der Waals surface area contributed by atoms with E-state index in [4.69, 9.17) is 21.1 Å². The monoisotopic (exact) mass is 462 g/mol. The first-order chi connectivity index (χ1) is 13.4. The maximum Gasteiger partial charge on any atom is 0.266 e. The van der Waals surface area contributed by atoms with Crippen molar-refractivity contribution in [1.82, 2.24) is 0 Å². The third kappa shape index (κ3) is 5.28. The Morgan fingerprint density at radius 3 is 2.57 bits per heavy atom. The van der Waals surface area contributed by atoms with E-state index in [1.165, 1.54) is 6.08 Å². The van der Waals surface area contributed by atoms with E-state index >= 15 is 0 Å². The molecule has 5 nitrogen and oxygen atoms in total. The van der Waals surface area contributed by atoms with Gasteiger partial charge < -0.3 is 14.8 Å². The van der Waals surface area contributed by atoms with Crippen molar-refractivity contribution in [2.45, 2.75) is 20.8 Å². The first-order valence-electron chi connectivity index (χ1n) is 8.68. The Labute approximate surface area is 178 Å². The van der Waals surface area contributed by atoms with Gasteiger partial charge >= 0.3 is 0 Å². The minimum Gasteiger partial charge on any atom is -0.493 e. The van der Waals surface area contributed by atoms with Gasteiger partial charge in [0, 0.05) is 22.3 Å². The Morgan fingerprint density at radius 2 is 1.93 bits per heavy atom. The van der Waals surface area contributed by atoms with E-state index in [0.29, 0.717) is 45.5 Å². The van der Waals surface area contributed by atoms with Crippen LogP contribution in [0.25, 0.3) is 6.08 Å². The lowest BCUT2D eigenvalue weighted by molar-refractivity contribution is -0.112. The Bertz CT molecular complexity index is 951. The van der Waals surface area contributed by atoms with Gasteiger partial charge in [-0.3, -0.25) is 4.79 Å². The highest BCUT2D eigenvalue weighted by molar-refractivity contribution is 9.10. The summed E-state index contributed by atoms with van der Waals surface area (Å²) in [6.45, 7) is 6.48. The second kappa shape index (κ2) is 10.2. The molecule has 0 atom stereocenters. The standard InChI is InChI=1S/C21H20BrClN2O3/c1-4-27-19-11-20(28-5-2)16(22)10-14(19)9-15(12-24)21(26)25-18-8-6-7-17(23)13(18)3/h6-11H,4-5H2,1-3H3,(H,25,26)/b15-9+. The summed E-state index contributed by atoms with van der Waals surface area (Å²) < 4.78 is 11.9. The van der Waals surface area contributed by atoms with E-state index in [9.17, 15) is 10.1 Å². The molecule has 0 aliphatic rings. The van der Waals surface area contributed by atoms with E-state index in [-0.39, 0.29) is 5.57 Å². The van der Waals surface area contributed by atoms with Gasteiger partial charge in [-0.1, -0.05) is 17.7 Å². The van der Waals surface area contributed by atoms with Gasteiger partial charge in [0.2, 0.25) is 0 Å². The molecule has 1 amide bonds. The molecule has 2 aromatic carbocycles. The molecule has 0 aromatic heterocycles. The molecular weight excluding hydrogens is 444 g/mol. The molecular formula is C21H20BrClN2O3.